The standard InChI is InChI=1S/C25H22N4O2S2/c30-21(15-32-25-28-26-16-29(25)18-11-5-2-6-12-18)27-24-22(19-13-7-8-14-20(19)33-24)23(31)17-9-3-1-4-10-17/h1-6,9-12,16H,7-8,13-15H2,(H,27,30). The average molecular weight is 475 g/mol. The van der Waals surface area contributed by atoms with Gasteiger partial charge >= 0.3 is 0 Å². The first kappa shape index (κ1) is 21.6. The highest BCUT2D eigenvalue weighted by atomic mass is 32.2. The summed E-state index contributed by atoms with van der Waals surface area (Å²) in [6.07, 6.45) is 5.66. The second kappa shape index (κ2) is 9.72. The van der Waals surface area contributed by atoms with Gasteiger partial charge in [-0.25, -0.2) is 0 Å². The van der Waals surface area contributed by atoms with Crippen LogP contribution >= 0.6 is 23.1 Å². The molecule has 1 aliphatic rings. The Balaban J connectivity index is 1.35. The second-order valence-electron chi connectivity index (χ2n) is 7.77. The Labute approximate surface area is 200 Å². The van der Waals surface area contributed by atoms with E-state index < -0.39 is 0 Å². The number of rotatable bonds is 7. The zero-order chi connectivity index (χ0) is 22.6. The van der Waals surface area contributed by atoms with E-state index in [-0.39, 0.29) is 17.4 Å². The van der Waals surface area contributed by atoms with Gasteiger partial charge < -0.3 is 5.32 Å². The average Bonchev–Trinajstić information content (AvgIpc) is 3.47. The first-order valence-corrected chi connectivity index (χ1v) is 12.6. The van der Waals surface area contributed by atoms with Crippen molar-refractivity contribution in [3.05, 3.63) is 88.6 Å². The molecular weight excluding hydrogens is 452 g/mol. The van der Waals surface area contributed by atoms with Gasteiger partial charge in [-0.2, -0.15) is 0 Å². The molecule has 0 spiro atoms. The summed E-state index contributed by atoms with van der Waals surface area (Å²) in [6, 6.07) is 19.0. The summed E-state index contributed by atoms with van der Waals surface area (Å²) < 4.78 is 1.85. The van der Waals surface area contributed by atoms with Gasteiger partial charge in [-0.15, -0.1) is 21.5 Å². The maximum Gasteiger partial charge on any atom is 0.235 e. The molecule has 4 aromatic rings. The van der Waals surface area contributed by atoms with Crippen molar-refractivity contribution in [2.45, 2.75) is 30.8 Å². The number of thiophene rings is 1. The molecule has 0 saturated carbocycles. The molecule has 8 heteroatoms. The van der Waals surface area contributed by atoms with Gasteiger partial charge in [0.1, 0.15) is 11.3 Å². The van der Waals surface area contributed by atoms with Crippen molar-refractivity contribution in [1.82, 2.24) is 14.8 Å². The lowest BCUT2D eigenvalue weighted by Crippen LogP contribution is -2.16. The van der Waals surface area contributed by atoms with Gasteiger partial charge in [0, 0.05) is 16.1 Å². The van der Waals surface area contributed by atoms with Crippen LogP contribution in [0.1, 0.15) is 39.2 Å². The summed E-state index contributed by atoms with van der Waals surface area (Å²) in [5, 5.41) is 12.5. The fourth-order valence-corrected chi connectivity index (χ4v) is 6.04. The summed E-state index contributed by atoms with van der Waals surface area (Å²) in [5.41, 5.74) is 3.34. The highest BCUT2D eigenvalue weighted by Crippen LogP contribution is 2.39. The molecule has 0 aliphatic heterocycles. The molecule has 0 bridgehead atoms. The van der Waals surface area contributed by atoms with Crippen LogP contribution in [0.15, 0.2) is 72.1 Å². The van der Waals surface area contributed by atoms with Crippen LogP contribution in [0.5, 0.6) is 0 Å². The Morgan fingerprint density at radius 1 is 1.00 bits per heavy atom. The van der Waals surface area contributed by atoms with E-state index in [4.69, 9.17) is 0 Å². The SMILES string of the molecule is O=C(CSc1nncn1-c1ccccc1)Nc1sc2c(c1C(=O)c1ccccc1)CCCC2. The molecule has 1 aliphatic carbocycles. The first-order chi connectivity index (χ1) is 16.2. The number of amides is 1. The Bertz CT molecular complexity index is 1280. The number of anilines is 1. The number of fused-ring (bicyclic) bond motifs is 1. The number of para-hydroxylation sites is 1. The minimum absolute atomic E-state index is 0.0261. The number of carbonyl (C=O) groups is 2. The molecule has 0 radical (unpaired) electrons. The van der Waals surface area contributed by atoms with Gasteiger partial charge in [0.15, 0.2) is 10.9 Å². The number of thioether (sulfide) groups is 1. The number of nitrogens with one attached hydrogen (secondary N) is 1. The topological polar surface area (TPSA) is 76.9 Å². The molecule has 6 nitrogen and oxygen atoms in total. The predicted molar refractivity (Wildman–Crippen MR) is 132 cm³/mol. The summed E-state index contributed by atoms with van der Waals surface area (Å²) in [5.74, 6) is -0.0161. The molecule has 2 aromatic heterocycles. The number of carbonyl (C=O) groups excluding carboxylic acids is 2. The van der Waals surface area contributed by atoms with Crippen LogP contribution in [-0.4, -0.2) is 32.2 Å². The van der Waals surface area contributed by atoms with E-state index >= 15 is 0 Å². The number of nitrogens with zero attached hydrogens (tertiary/aromatic N) is 3. The number of hydrogen-bond acceptors (Lipinski definition) is 6. The van der Waals surface area contributed by atoms with Crippen LogP contribution in [0.3, 0.4) is 0 Å². The highest BCUT2D eigenvalue weighted by Gasteiger charge is 2.27. The Kier molecular flexibility index (Phi) is 6.37. The van der Waals surface area contributed by atoms with Crippen molar-refractivity contribution >= 4 is 39.8 Å². The quantitative estimate of drug-likeness (QED) is 0.295. The van der Waals surface area contributed by atoms with Crippen LogP contribution in [-0.2, 0) is 17.6 Å². The van der Waals surface area contributed by atoms with E-state index in [1.807, 2.05) is 65.2 Å². The van der Waals surface area contributed by atoms with Crippen molar-refractivity contribution in [3.8, 4) is 5.69 Å². The second-order valence-corrected chi connectivity index (χ2v) is 9.81. The summed E-state index contributed by atoms with van der Waals surface area (Å²) in [6.45, 7) is 0. The third kappa shape index (κ3) is 4.62. The normalized spacial score (nSPS) is 12.8. The van der Waals surface area contributed by atoms with E-state index in [1.54, 1.807) is 17.7 Å². The zero-order valence-corrected chi connectivity index (χ0v) is 19.5. The minimum Gasteiger partial charge on any atom is -0.316 e. The van der Waals surface area contributed by atoms with Crippen molar-refractivity contribution in [3.63, 3.8) is 0 Å². The Hall–Kier alpha value is -3.23. The van der Waals surface area contributed by atoms with Crippen LogP contribution in [0.2, 0.25) is 0 Å². The van der Waals surface area contributed by atoms with Gasteiger partial charge in [-0.1, -0.05) is 60.3 Å². The summed E-state index contributed by atoms with van der Waals surface area (Å²) in [4.78, 5) is 27.5. The summed E-state index contributed by atoms with van der Waals surface area (Å²) in [7, 11) is 0. The van der Waals surface area contributed by atoms with Crippen molar-refractivity contribution < 1.29 is 9.59 Å². The molecule has 0 unspecified atom stereocenters. The summed E-state index contributed by atoms with van der Waals surface area (Å²) >= 11 is 2.86. The fourth-order valence-electron chi connectivity index (χ4n) is 4.01. The Morgan fingerprint density at radius 2 is 1.73 bits per heavy atom. The largest absolute Gasteiger partial charge is 0.316 e. The molecule has 0 saturated heterocycles. The third-order valence-electron chi connectivity index (χ3n) is 5.57. The van der Waals surface area contributed by atoms with E-state index in [0.717, 1.165) is 36.9 Å². The van der Waals surface area contributed by atoms with Crippen molar-refractivity contribution in [2.24, 2.45) is 0 Å². The first-order valence-electron chi connectivity index (χ1n) is 10.8. The highest BCUT2D eigenvalue weighted by molar-refractivity contribution is 7.99. The number of aromatic nitrogens is 3. The van der Waals surface area contributed by atoms with Gasteiger partial charge in [0.2, 0.25) is 5.91 Å². The fraction of sp³-hybridized carbons (Fsp3) is 0.200. The molecule has 0 fully saturated rings. The zero-order valence-electron chi connectivity index (χ0n) is 17.9. The lowest BCUT2D eigenvalue weighted by atomic mass is 9.92. The van der Waals surface area contributed by atoms with Gasteiger partial charge in [0.05, 0.1) is 11.3 Å². The molecule has 5 rings (SSSR count). The molecule has 1 N–H and O–H groups in total. The molecule has 166 valence electrons. The minimum atomic E-state index is -0.164. The lowest BCUT2D eigenvalue weighted by molar-refractivity contribution is -0.113. The number of benzene rings is 2. The lowest BCUT2D eigenvalue weighted by Gasteiger charge is -2.12. The maximum atomic E-state index is 13.4. The van der Waals surface area contributed by atoms with Crippen molar-refractivity contribution in [1.29, 1.82) is 0 Å². The third-order valence-corrected chi connectivity index (χ3v) is 7.72. The molecule has 2 aromatic carbocycles. The number of aryl methyl sites for hydroxylation is 1. The van der Waals surface area contributed by atoms with Crippen LogP contribution < -0.4 is 5.32 Å². The number of ketones is 1. The smallest absolute Gasteiger partial charge is 0.235 e. The Morgan fingerprint density at radius 3 is 2.52 bits per heavy atom. The van der Waals surface area contributed by atoms with E-state index in [0.29, 0.717) is 21.3 Å². The monoisotopic (exact) mass is 474 g/mol. The van der Waals surface area contributed by atoms with E-state index in [1.165, 1.54) is 16.6 Å². The number of hydrogen-bond donors (Lipinski definition) is 1. The van der Waals surface area contributed by atoms with Gasteiger partial charge in [0.25, 0.3) is 0 Å². The van der Waals surface area contributed by atoms with E-state index in [2.05, 4.69) is 15.5 Å². The predicted octanol–water partition coefficient (Wildman–Crippen LogP) is 5.17. The van der Waals surface area contributed by atoms with Crippen molar-refractivity contribution in [2.75, 3.05) is 11.1 Å². The van der Waals surface area contributed by atoms with Crippen LogP contribution in [0.25, 0.3) is 5.69 Å². The van der Waals surface area contributed by atoms with Crippen LogP contribution in [0.4, 0.5) is 5.00 Å². The molecular formula is C25H22N4O2S2. The van der Waals surface area contributed by atoms with Gasteiger partial charge in [-0.3, -0.25) is 14.2 Å². The molecule has 2 heterocycles. The molecule has 1 amide bonds. The van der Waals surface area contributed by atoms with E-state index in [9.17, 15) is 9.59 Å². The van der Waals surface area contributed by atoms with Crippen LogP contribution in [0, 0.1) is 0 Å². The van der Waals surface area contributed by atoms with Gasteiger partial charge in [-0.05, 0) is 43.4 Å². The molecule has 0 atom stereocenters. The molecule has 33 heavy (non-hydrogen) atoms. The maximum absolute atomic E-state index is 13.4.